The fourth-order valence-electron chi connectivity index (χ4n) is 3.35. The van der Waals surface area contributed by atoms with Crippen molar-refractivity contribution in [3.05, 3.63) is 42.1 Å². The minimum atomic E-state index is 0.698. The SMILES string of the molecule is CCC1CCCC1NCc1cccc2cccnc12. The molecule has 2 aromatic rings. The fourth-order valence-corrected chi connectivity index (χ4v) is 3.35. The first-order valence-corrected chi connectivity index (χ1v) is 7.44. The summed E-state index contributed by atoms with van der Waals surface area (Å²) in [6, 6.07) is 11.3. The van der Waals surface area contributed by atoms with Gasteiger partial charge in [-0.25, -0.2) is 0 Å². The van der Waals surface area contributed by atoms with Gasteiger partial charge in [0.25, 0.3) is 0 Å². The molecule has 0 spiro atoms. The zero-order chi connectivity index (χ0) is 13.1. The highest BCUT2D eigenvalue weighted by Gasteiger charge is 2.24. The van der Waals surface area contributed by atoms with Crippen LogP contribution in [0, 0.1) is 5.92 Å². The van der Waals surface area contributed by atoms with E-state index < -0.39 is 0 Å². The molecule has 100 valence electrons. The molecule has 1 aromatic heterocycles. The lowest BCUT2D eigenvalue weighted by molar-refractivity contribution is 0.390. The molecule has 1 N–H and O–H groups in total. The summed E-state index contributed by atoms with van der Waals surface area (Å²) in [7, 11) is 0. The molecular formula is C17H22N2. The molecule has 2 unspecified atom stereocenters. The van der Waals surface area contributed by atoms with Crippen molar-refractivity contribution in [3.63, 3.8) is 0 Å². The van der Waals surface area contributed by atoms with E-state index in [0.717, 1.165) is 18.0 Å². The number of rotatable bonds is 4. The Morgan fingerprint density at radius 2 is 2.11 bits per heavy atom. The van der Waals surface area contributed by atoms with Crippen LogP contribution in [-0.2, 0) is 6.54 Å². The summed E-state index contributed by atoms with van der Waals surface area (Å²) >= 11 is 0. The van der Waals surface area contributed by atoms with Crippen molar-refractivity contribution in [1.82, 2.24) is 10.3 Å². The predicted octanol–water partition coefficient (Wildman–Crippen LogP) is 3.90. The van der Waals surface area contributed by atoms with Crippen LogP contribution in [-0.4, -0.2) is 11.0 Å². The Morgan fingerprint density at radius 3 is 3.00 bits per heavy atom. The van der Waals surface area contributed by atoms with Crippen LogP contribution in [0.1, 0.15) is 38.2 Å². The maximum absolute atomic E-state index is 4.53. The van der Waals surface area contributed by atoms with Gasteiger partial charge >= 0.3 is 0 Å². The summed E-state index contributed by atoms with van der Waals surface area (Å²) in [6.45, 7) is 3.25. The van der Waals surface area contributed by atoms with E-state index in [0.29, 0.717) is 6.04 Å². The third kappa shape index (κ3) is 2.64. The van der Waals surface area contributed by atoms with E-state index in [1.807, 2.05) is 12.3 Å². The van der Waals surface area contributed by atoms with Gasteiger partial charge in [-0.3, -0.25) is 4.98 Å². The van der Waals surface area contributed by atoms with Crippen molar-refractivity contribution in [3.8, 4) is 0 Å². The van der Waals surface area contributed by atoms with Gasteiger partial charge in [-0.15, -0.1) is 0 Å². The topological polar surface area (TPSA) is 24.9 Å². The van der Waals surface area contributed by atoms with Crippen molar-refractivity contribution in [2.45, 2.75) is 45.2 Å². The average Bonchev–Trinajstić information content (AvgIpc) is 2.92. The molecule has 0 aliphatic heterocycles. The van der Waals surface area contributed by atoms with E-state index >= 15 is 0 Å². The van der Waals surface area contributed by atoms with E-state index in [4.69, 9.17) is 0 Å². The van der Waals surface area contributed by atoms with Crippen LogP contribution >= 0.6 is 0 Å². The van der Waals surface area contributed by atoms with Crippen LogP contribution in [0.4, 0.5) is 0 Å². The number of benzene rings is 1. The number of aromatic nitrogens is 1. The Labute approximate surface area is 115 Å². The fraction of sp³-hybridized carbons (Fsp3) is 0.471. The monoisotopic (exact) mass is 254 g/mol. The summed E-state index contributed by atoms with van der Waals surface area (Å²) in [6.07, 6.45) is 7.28. The van der Waals surface area contributed by atoms with Crippen molar-refractivity contribution in [1.29, 1.82) is 0 Å². The summed E-state index contributed by atoms with van der Waals surface area (Å²) in [5.41, 5.74) is 2.46. The molecule has 0 bridgehead atoms. The summed E-state index contributed by atoms with van der Waals surface area (Å²) in [5, 5.41) is 4.99. The Hall–Kier alpha value is -1.41. The van der Waals surface area contributed by atoms with Crippen molar-refractivity contribution in [2.24, 2.45) is 5.92 Å². The molecule has 1 saturated carbocycles. The third-order valence-electron chi connectivity index (χ3n) is 4.45. The van der Waals surface area contributed by atoms with Crippen LogP contribution in [0.15, 0.2) is 36.5 Å². The maximum atomic E-state index is 4.53. The summed E-state index contributed by atoms with van der Waals surface area (Å²) in [5.74, 6) is 0.864. The number of pyridine rings is 1. The minimum Gasteiger partial charge on any atom is -0.310 e. The largest absolute Gasteiger partial charge is 0.310 e. The molecule has 1 fully saturated rings. The Bertz CT molecular complexity index is 544. The van der Waals surface area contributed by atoms with Crippen LogP contribution in [0.3, 0.4) is 0 Å². The van der Waals surface area contributed by atoms with Gasteiger partial charge in [0.15, 0.2) is 0 Å². The van der Waals surface area contributed by atoms with Gasteiger partial charge in [0.2, 0.25) is 0 Å². The van der Waals surface area contributed by atoms with Crippen LogP contribution in [0.2, 0.25) is 0 Å². The highest BCUT2D eigenvalue weighted by molar-refractivity contribution is 5.81. The van der Waals surface area contributed by atoms with Gasteiger partial charge < -0.3 is 5.32 Å². The zero-order valence-electron chi connectivity index (χ0n) is 11.6. The standard InChI is InChI=1S/C17H22N2/c1-2-13-6-4-10-16(13)19-12-15-8-3-7-14-9-5-11-18-17(14)15/h3,5,7-9,11,13,16,19H,2,4,6,10,12H2,1H3. The molecule has 3 rings (SSSR count). The Kier molecular flexibility index (Phi) is 3.79. The van der Waals surface area contributed by atoms with Gasteiger partial charge in [0.1, 0.15) is 0 Å². The molecule has 1 aliphatic rings. The molecule has 2 heteroatoms. The first kappa shape index (κ1) is 12.6. The number of para-hydroxylation sites is 1. The molecule has 1 heterocycles. The normalized spacial score (nSPS) is 23.0. The van der Waals surface area contributed by atoms with Crippen molar-refractivity contribution < 1.29 is 0 Å². The second-order valence-corrected chi connectivity index (χ2v) is 5.58. The van der Waals surface area contributed by atoms with E-state index in [-0.39, 0.29) is 0 Å². The molecule has 2 atom stereocenters. The number of fused-ring (bicyclic) bond motifs is 1. The quantitative estimate of drug-likeness (QED) is 0.895. The number of nitrogens with one attached hydrogen (secondary N) is 1. The third-order valence-corrected chi connectivity index (χ3v) is 4.45. The lowest BCUT2D eigenvalue weighted by atomic mass is 10.0. The van der Waals surface area contributed by atoms with Crippen LogP contribution < -0.4 is 5.32 Å². The van der Waals surface area contributed by atoms with E-state index in [1.54, 1.807) is 0 Å². The second kappa shape index (κ2) is 5.70. The molecule has 0 saturated heterocycles. The van der Waals surface area contributed by atoms with Gasteiger partial charge in [-0.1, -0.05) is 44.0 Å². The van der Waals surface area contributed by atoms with Crippen LogP contribution in [0.25, 0.3) is 10.9 Å². The zero-order valence-corrected chi connectivity index (χ0v) is 11.6. The van der Waals surface area contributed by atoms with Gasteiger partial charge in [-0.05, 0) is 30.4 Å². The molecule has 2 nitrogen and oxygen atoms in total. The van der Waals surface area contributed by atoms with Crippen LogP contribution in [0.5, 0.6) is 0 Å². The predicted molar refractivity (Wildman–Crippen MR) is 80.0 cm³/mol. The number of hydrogen-bond donors (Lipinski definition) is 1. The molecule has 0 amide bonds. The van der Waals surface area contributed by atoms with Crippen molar-refractivity contribution >= 4 is 10.9 Å². The minimum absolute atomic E-state index is 0.698. The number of nitrogens with zero attached hydrogens (tertiary/aromatic N) is 1. The average molecular weight is 254 g/mol. The van der Waals surface area contributed by atoms with E-state index in [2.05, 4.69) is 41.5 Å². The second-order valence-electron chi connectivity index (χ2n) is 5.58. The number of hydrogen-bond acceptors (Lipinski definition) is 2. The highest BCUT2D eigenvalue weighted by atomic mass is 14.9. The van der Waals surface area contributed by atoms with E-state index in [9.17, 15) is 0 Å². The first-order valence-electron chi connectivity index (χ1n) is 7.44. The summed E-state index contributed by atoms with van der Waals surface area (Å²) in [4.78, 5) is 4.53. The lowest BCUT2D eigenvalue weighted by Gasteiger charge is -2.20. The summed E-state index contributed by atoms with van der Waals surface area (Å²) < 4.78 is 0. The Balaban J connectivity index is 1.75. The van der Waals surface area contributed by atoms with Gasteiger partial charge in [0.05, 0.1) is 5.52 Å². The Morgan fingerprint density at radius 1 is 1.21 bits per heavy atom. The van der Waals surface area contributed by atoms with Gasteiger partial charge in [0, 0.05) is 24.2 Å². The lowest BCUT2D eigenvalue weighted by Crippen LogP contribution is -2.31. The first-order chi connectivity index (χ1) is 9.38. The maximum Gasteiger partial charge on any atom is 0.0746 e. The molecule has 1 aliphatic carbocycles. The van der Waals surface area contributed by atoms with Crippen molar-refractivity contribution in [2.75, 3.05) is 0 Å². The van der Waals surface area contributed by atoms with E-state index in [1.165, 1.54) is 36.6 Å². The highest BCUT2D eigenvalue weighted by Crippen LogP contribution is 2.28. The molecule has 1 aromatic carbocycles. The molecular weight excluding hydrogens is 232 g/mol. The van der Waals surface area contributed by atoms with Gasteiger partial charge in [-0.2, -0.15) is 0 Å². The molecule has 19 heavy (non-hydrogen) atoms. The molecule has 0 radical (unpaired) electrons. The smallest absolute Gasteiger partial charge is 0.0746 e.